The predicted octanol–water partition coefficient (Wildman–Crippen LogP) is 3.79. The molecule has 1 aliphatic rings. The minimum Gasteiger partial charge on any atom is -0.459 e. The molecule has 0 saturated heterocycles. The highest BCUT2D eigenvalue weighted by Gasteiger charge is 2.24. The van der Waals surface area contributed by atoms with Gasteiger partial charge in [0, 0.05) is 5.56 Å². The van der Waals surface area contributed by atoms with Crippen molar-refractivity contribution >= 4 is 28.6 Å². The van der Waals surface area contributed by atoms with Crippen LogP contribution in [0.15, 0.2) is 48.5 Å². The van der Waals surface area contributed by atoms with Crippen LogP contribution in [0.2, 0.25) is 0 Å². The number of para-hydroxylation sites is 2. The molecule has 5 nitrogen and oxygen atoms in total. The Labute approximate surface area is 132 Å². The van der Waals surface area contributed by atoms with Crippen molar-refractivity contribution < 1.29 is 9.47 Å². The summed E-state index contributed by atoms with van der Waals surface area (Å²) in [5.74, 6) is 0.703. The zero-order valence-corrected chi connectivity index (χ0v) is 12.7. The highest BCUT2D eigenvalue weighted by molar-refractivity contribution is 8.13. The van der Waals surface area contributed by atoms with Gasteiger partial charge in [-0.05, 0) is 43.0 Å². The molecule has 1 unspecified atom stereocenters. The van der Waals surface area contributed by atoms with Crippen LogP contribution < -0.4 is 10.1 Å². The average Bonchev–Trinajstić information content (AvgIpc) is 2.89. The standard InChI is InChI=1S/C16H15N3O2S/c1-10-6-8-11(9-7-10)14(17)21-15(18)22-16-19-12-4-2-3-5-13(12)20-16/h2-9,16-19H,1H3. The Kier molecular flexibility index (Phi) is 4.02. The van der Waals surface area contributed by atoms with E-state index >= 15 is 0 Å². The molecule has 22 heavy (non-hydrogen) atoms. The zero-order valence-electron chi connectivity index (χ0n) is 11.9. The molecule has 6 heteroatoms. The number of nitrogens with one attached hydrogen (secondary N) is 3. The molecule has 112 valence electrons. The molecule has 0 aliphatic carbocycles. The molecule has 1 atom stereocenters. The number of anilines is 1. The molecular weight excluding hydrogens is 298 g/mol. The van der Waals surface area contributed by atoms with Crippen LogP contribution in [0.25, 0.3) is 0 Å². The lowest BCUT2D eigenvalue weighted by Crippen LogP contribution is -2.20. The van der Waals surface area contributed by atoms with E-state index in [0.29, 0.717) is 5.56 Å². The molecule has 0 spiro atoms. The van der Waals surface area contributed by atoms with Gasteiger partial charge in [0.05, 0.1) is 5.69 Å². The number of rotatable bonds is 2. The summed E-state index contributed by atoms with van der Waals surface area (Å²) in [5, 5.41) is 18.8. The van der Waals surface area contributed by atoms with Gasteiger partial charge in [0.15, 0.2) is 0 Å². The highest BCUT2D eigenvalue weighted by atomic mass is 32.2. The largest absolute Gasteiger partial charge is 0.459 e. The molecule has 3 rings (SSSR count). The SMILES string of the molecule is Cc1ccc(C(=N)OC(=N)SC2Nc3ccccc3O2)cc1. The third-order valence-electron chi connectivity index (χ3n) is 3.12. The molecule has 0 saturated carbocycles. The Hall–Kier alpha value is -2.47. The van der Waals surface area contributed by atoms with E-state index in [1.54, 1.807) is 12.1 Å². The van der Waals surface area contributed by atoms with Crippen LogP contribution >= 0.6 is 11.8 Å². The average molecular weight is 313 g/mol. The van der Waals surface area contributed by atoms with Gasteiger partial charge in [0.2, 0.25) is 11.5 Å². The van der Waals surface area contributed by atoms with Gasteiger partial charge >= 0.3 is 0 Å². The van der Waals surface area contributed by atoms with Crippen LogP contribution in [0.5, 0.6) is 5.75 Å². The number of aryl methyl sites for hydroxylation is 1. The van der Waals surface area contributed by atoms with Crippen molar-refractivity contribution in [2.75, 3.05) is 5.32 Å². The van der Waals surface area contributed by atoms with Crippen molar-refractivity contribution in [2.24, 2.45) is 0 Å². The Morgan fingerprint density at radius 1 is 1.14 bits per heavy atom. The number of hydrogen-bond acceptors (Lipinski definition) is 6. The maximum absolute atomic E-state index is 7.90. The van der Waals surface area contributed by atoms with E-state index in [-0.39, 0.29) is 11.1 Å². The van der Waals surface area contributed by atoms with Gasteiger partial charge < -0.3 is 14.8 Å². The number of ether oxygens (including phenoxy) is 2. The molecule has 2 aromatic carbocycles. The van der Waals surface area contributed by atoms with Crippen molar-refractivity contribution in [3.8, 4) is 5.75 Å². The molecule has 0 amide bonds. The van der Waals surface area contributed by atoms with Crippen molar-refractivity contribution in [1.82, 2.24) is 0 Å². The minimum absolute atomic E-state index is 0.0481. The third-order valence-corrected chi connectivity index (χ3v) is 3.84. The van der Waals surface area contributed by atoms with E-state index in [1.165, 1.54) is 0 Å². The smallest absolute Gasteiger partial charge is 0.255 e. The molecule has 0 bridgehead atoms. The van der Waals surface area contributed by atoms with E-state index in [4.69, 9.17) is 20.3 Å². The fourth-order valence-electron chi connectivity index (χ4n) is 1.99. The number of thioether (sulfide) groups is 1. The monoisotopic (exact) mass is 313 g/mol. The van der Waals surface area contributed by atoms with E-state index < -0.39 is 5.56 Å². The third kappa shape index (κ3) is 3.23. The Bertz CT molecular complexity index is 691. The fourth-order valence-corrected chi connectivity index (χ4v) is 2.66. The summed E-state index contributed by atoms with van der Waals surface area (Å²) in [5.41, 5.74) is 2.22. The van der Waals surface area contributed by atoms with Gasteiger partial charge in [-0.3, -0.25) is 10.8 Å². The van der Waals surface area contributed by atoms with E-state index in [0.717, 1.165) is 28.8 Å². The Morgan fingerprint density at radius 3 is 2.59 bits per heavy atom. The molecule has 0 aromatic heterocycles. The van der Waals surface area contributed by atoms with Crippen molar-refractivity contribution in [3.63, 3.8) is 0 Å². The van der Waals surface area contributed by atoms with Crippen molar-refractivity contribution in [1.29, 1.82) is 10.8 Å². The van der Waals surface area contributed by atoms with E-state index in [2.05, 4.69) is 5.32 Å². The summed E-state index contributed by atoms with van der Waals surface area (Å²) < 4.78 is 10.9. The summed E-state index contributed by atoms with van der Waals surface area (Å²) in [6, 6.07) is 15.0. The zero-order chi connectivity index (χ0) is 15.5. The normalized spacial score (nSPS) is 15.4. The molecule has 2 aromatic rings. The molecule has 0 fully saturated rings. The Morgan fingerprint density at radius 2 is 1.86 bits per heavy atom. The molecular formula is C16H15N3O2S. The Balaban J connectivity index is 1.55. The van der Waals surface area contributed by atoms with Gasteiger partial charge in [-0.15, -0.1) is 0 Å². The van der Waals surface area contributed by atoms with Crippen LogP contribution in [0.3, 0.4) is 0 Å². The van der Waals surface area contributed by atoms with Crippen molar-refractivity contribution in [2.45, 2.75) is 12.5 Å². The number of hydrogen-bond donors (Lipinski definition) is 3. The van der Waals surface area contributed by atoms with Gasteiger partial charge in [-0.1, -0.05) is 29.8 Å². The van der Waals surface area contributed by atoms with Crippen LogP contribution in [-0.2, 0) is 4.74 Å². The van der Waals surface area contributed by atoms with Crippen molar-refractivity contribution in [3.05, 3.63) is 59.7 Å². The van der Waals surface area contributed by atoms with Crippen LogP contribution in [0.4, 0.5) is 5.69 Å². The lowest BCUT2D eigenvalue weighted by atomic mass is 10.1. The molecule has 0 radical (unpaired) electrons. The molecule has 3 N–H and O–H groups in total. The first-order valence-corrected chi connectivity index (χ1v) is 7.60. The van der Waals surface area contributed by atoms with Crippen LogP contribution in [0, 0.1) is 17.7 Å². The second-order valence-corrected chi connectivity index (χ2v) is 5.83. The van der Waals surface area contributed by atoms with Gasteiger partial charge in [0.1, 0.15) is 5.75 Å². The summed E-state index contributed by atoms with van der Waals surface area (Å²) in [6.07, 6.45) is 0. The van der Waals surface area contributed by atoms with E-state index in [9.17, 15) is 0 Å². The van der Waals surface area contributed by atoms with Gasteiger partial charge in [-0.2, -0.15) is 0 Å². The highest BCUT2D eigenvalue weighted by Crippen LogP contribution is 2.35. The summed E-state index contributed by atoms with van der Waals surface area (Å²) in [6.45, 7) is 1.98. The second kappa shape index (κ2) is 6.11. The topological polar surface area (TPSA) is 78.2 Å². The predicted molar refractivity (Wildman–Crippen MR) is 88.9 cm³/mol. The molecule has 1 aliphatic heterocycles. The quantitative estimate of drug-likeness (QED) is 0.582. The lowest BCUT2D eigenvalue weighted by molar-refractivity contribution is 0.341. The number of fused-ring (bicyclic) bond motifs is 1. The summed E-state index contributed by atoms with van der Waals surface area (Å²) in [4.78, 5) is 0. The lowest BCUT2D eigenvalue weighted by Gasteiger charge is -2.12. The number of benzene rings is 2. The van der Waals surface area contributed by atoms with Gasteiger partial charge in [0.25, 0.3) is 5.23 Å². The first-order valence-electron chi connectivity index (χ1n) is 6.73. The fraction of sp³-hybridized carbons (Fsp3) is 0.125. The first-order chi connectivity index (χ1) is 10.6. The molecule has 1 heterocycles. The first kappa shape index (κ1) is 14.5. The summed E-state index contributed by atoms with van der Waals surface area (Å²) >= 11 is 1.08. The minimum atomic E-state index is -0.421. The maximum atomic E-state index is 7.90. The van der Waals surface area contributed by atoms with E-state index in [1.807, 2.05) is 43.3 Å². The summed E-state index contributed by atoms with van der Waals surface area (Å²) in [7, 11) is 0. The van der Waals surface area contributed by atoms with Gasteiger partial charge in [-0.25, -0.2) is 0 Å². The second-order valence-electron chi connectivity index (χ2n) is 4.79. The van der Waals surface area contributed by atoms with Crippen LogP contribution in [0.1, 0.15) is 11.1 Å². The van der Waals surface area contributed by atoms with Crippen LogP contribution in [-0.4, -0.2) is 16.7 Å². The maximum Gasteiger partial charge on any atom is 0.255 e.